The molecular weight excluding hydrogens is 366 g/mol. The average Bonchev–Trinajstić information content (AvgIpc) is 3.01. The zero-order valence-electron chi connectivity index (χ0n) is 16.6. The molecule has 3 rings (SSSR count). The molecular formula is C18H27N5O3S. The Balaban J connectivity index is 1.93. The van der Waals surface area contributed by atoms with Gasteiger partial charge in [0.2, 0.25) is 5.91 Å². The topological polar surface area (TPSA) is 82.1 Å². The Morgan fingerprint density at radius 2 is 1.78 bits per heavy atom. The van der Waals surface area contributed by atoms with Gasteiger partial charge in [-0.15, -0.1) is 0 Å². The molecule has 148 valence electrons. The molecule has 1 fully saturated rings. The van der Waals surface area contributed by atoms with Crippen molar-refractivity contribution in [1.82, 2.24) is 23.6 Å². The van der Waals surface area contributed by atoms with Crippen LogP contribution < -0.4 is 11.2 Å². The van der Waals surface area contributed by atoms with E-state index in [-0.39, 0.29) is 29.3 Å². The molecule has 8 nitrogen and oxygen atoms in total. The number of aromatic nitrogens is 4. The zero-order chi connectivity index (χ0) is 19.9. The number of likely N-dealkylation sites (tertiary alicyclic amines) is 1. The molecule has 0 radical (unpaired) electrons. The fraction of sp³-hybridized carbons (Fsp3) is 0.667. The van der Waals surface area contributed by atoms with Gasteiger partial charge in [-0.2, -0.15) is 0 Å². The van der Waals surface area contributed by atoms with Gasteiger partial charge in [0.1, 0.15) is 0 Å². The standard InChI is InChI=1S/C18H27N5O3S/c1-6-22-14-15(20(4)18(26)21(5)16(14)25)19-17(22)27-10-13(24)23-11(2)8-7-9-12(23)3/h11-12H,6-10H2,1-5H3/t11-,12-/m0/s1. The first-order chi connectivity index (χ1) is 12.8. The Bertz CT molecular complexity index is 980. The Hall–Kier alpha value is -2.03. The Morgan fingerprint density at radius 3 is 2.37 bits per heavy atom. The molecule has 1 aliphatic rings. The molecule has 0 aliphatic carbocycles. The van der Waals surface area contributed by atoms with Gasteiger partial charge in [0.05, 0.1) is 5.75 Å². The van der Waals surface area contributed by atoms with E-state index in [4.69, 9.17) is 0 Å². The highest BCUT2D eigenvalue weighted by Crippen LogP contribution is 2.26. The van der Waals surface area contributed by atoms with Crippen molar-refractivity contribution < 1.29 is 4.79 Å². The van der Waals surface area contributed by atoms with Gasteiger partial charge in [0.25, 0.3) is 5.56 Å². The second-order valence-corrected chi connectivity index (χ2v) is 8.18. The van der Waals surface area contributed by atoms with Gasteiger partial charge in [0.15, 0.2) is 16.3 Å². The predicted octanol–water partition coefficient (Wildman–Crippen LogP) is 1.34. The number of aryl methyl sites for hydroxylation is 2. The molecule has 1 aliphatic heterocycles. The van der Waals surface area contributed by atoms with E-state index in [0.717, 1.165) is 23.8 Å². The summed E-state index contributed by atoms with van der Waals surface area (Å²) < 4.78 is 4.26. The van der Waals surface area contributed by atoms with Crippen molar-refractivity contribution in [3.05, 3.63) is 20.8 Å². The molecule has 3 heterocycles. The van der Waals surface area contributed by atoms with Crippen LogP contribution in [0.1, 0.15) is 40.0 Å². The molecule has 2 aromatic heterocycles. The maximum atomic E-state index is 12.8. The summed E-state index contributed by atoms with van der Waals surface area (Å²) in [6, 6.07) is 0.500. The number of fused-ring (bicyclic) bond motifs is 1. The lowest BCUT2D eigenvalue weighted by molar-refractivity contribution is -0.134. The molecule has 1 amide bonds. The summed E-state index contributed by atoms with van der Waals surface area (Å²) in [4.78, 5) is 44.0. The van der Waals surface area contributed by atoms with Crippen LogP contribution >= 0.6 is 11.8 Å². The van der Waals surface area contributed by atoms with Crippen molar-refractivity contribution in [2.45, 2.75) is 63.8 Å². The summed E-state index contributed by atoms with van der Waals surface area (Å²) in [5.74, 6) is 0.364. The zero-order valence-corrected chi connectivity index (χ0v) is 17.4. The number of carbonyl (C=O) groups is 1. The third-order valence-electron chi connectivity index (χ3n) is 5.44. The first kappa shape index (κ1) is 19.7. The van der Waals surface area contributed by atoms with Crippen molar-refractivity contribution in [3.8, 4) is 0 Å². The second-order valence-electron chi connectivity index (χ2n) is 7.24. The molecule has 0 saturated carbocycles. The van der Waals surface area contributed by atoms with Gasteiger partial charge < -0.3 is 9.47 Å². The van der Waals surface area contributed by atoms with Gasteiger partial charge in [-0.3, -0.25) is 18.7 Å². The van der Waals surface area contributed by atoms with Gasteiger partial charge >= 0.3 is 5.69 Å². The van der Waals surface area contributed by atoms with Crippen LogP contribution in [0.2, 0.25) is 0 Å². The second kappa shape index (κ2) is 7.53. The van der Waals surface area contributed by atoms with E-state index >= 15 is 0 Å². The van der Waals surface area contributed by atoms with E-state index in [2.05, 4.69) is 18.8 Å². The fourth-order valence-electron chi connectivity index (χ4n) is 3.94. The molecule has 0 aromatic carbocycles. The van der Waals surface area contributed by atoms with Crippen LogP contribution in [0.3, 0.4) is 0 Å². The van der Waals surface area contributed by atoms with E-state index in [1.807, 2.05) is 11.8 Å². The molecule has 0 spiro atoms. The maximum absolute atomic E-state index is 12.8. The largest absolute Gasteiger partial charge is 0.337 e. The molecule has 2 aromatic rings. The highest BCUT2D eigenvalue weighted by Gasteiger charge is 2.29. The fourth-order valence-corrected chi connectivity index (χ4v) is 4.87. The van der Waals surface area contributed by atoms with Crippen LogP contribution in [-0.2, 0) is 25.4 Å². The summed E-state index contributed by atoms with van der Waals surface area (Å²) in [5, 5.41) is 0.594. The number of piperidine rings is 1. The highest BCUT2D eigenvalue weighted by atomic mass is 32.2. The number of hydrogen-bond acceptors (Lipinski definition) is 5. The molecule has 0 N–H and O–H groups in total. The lowest BCUT2D eigenvalue weighted by atomic mass is 9.98. The van der Waals surface area contributed by atoms with Gasteiger partial charge in [-0.25, -0.2) is 9.78 Å². The third kappa shape index (κ3) is 3.33. The van der Waals surface area contributed by atoms with Crippen LogP contribution in [0.15, 0.2) is 14.7 Å². The number of nitrogens with zero attached hydrogens (tertiary/aromatic N) is 5. The van der Waals surface area contributed by atoms with Crippen LogP contribution in [0.25, 0.3) is 11.2 Å². The van der Waals surface area contributed by atoms with E-state index in [1.165, 1.54) is 23.4 Å². The average molecular weight is 394 g/mol. The summed E-state index contributed by atoms with van der Waals surface area (Å²) in [5.41, 5.74) is -0.00730. The maximum Gasteiger partial charge on any atom is 0.332 e. The van der Waals surface area contributed by atoms with Crippen LogP contribution in [-0.4, -0.2) is 47.3 Å². The third-order valence-corrected chi connectivity index (χ3v) is 6.40. The molecule has 2 atom stereocenters. The van der Waals surface area contributed by atoms with Crippen LogP contribution in [0.5, 0.6) is 0 Å². The first-order valence-electron chi connectivity index (χ1n) is 9.38. The van der Waals surface area contributed by atoms with Crippen molar-refractivity contribution in [1.29, 1.82) is 0 Å². The summed E-state index contributed by atoms with van der Waals surface area (Å²) in [7, 11) is 3.07. The van der Waals surface area contributed by atoms with Crippen molar-refractivity contribution in [3.63, 3.8) is 0 Å². The van der Waals surface area contributed by atoms with Crippen molar-refractivity contribution in [2.24, 2.45) is 14.1 Å². The highest BCUT2D eigenvalue weighted by molar-refractivity contribution is 7.99. The number of thioether (sulfide) groups is 1. The van der Waals surface area contributed by atoms with E-state index in [1.54, 1.807) is 11.6 Å². The molecule has 9 heteroatoms. The SMILES string of the molecule is CCn1c(SCC(=O)N2[C@@H](C)CCC[C@@H]2C)nc2c1c(=O)n(C)c(=O)n2C. The lowest BCUT2D eigenvalue weighted by Crippen LogP contribution is -2.48. The smallest absolute Gasteiger partial charge is 0.332 e. The Kier molecular flexibility index (Phi) is 5.50. The number of carbonyl (C=O) groups excluding carboxylic acids is 1. The summed E-state index contributed by atoms with van der Waals surface area (Å²) >= 11 is 1.33. The molecule has 1 saturated heterocycles. The Labute approximate surface area is 162 Å². The van der Waals surface area contributed by atoms with Gasteiger partial charge in [-0.05, 0) is 40.0 Å². The minimum Gasteiger partial charge on any atom is -0.337 e. The molecule has 27 heavy (non-hydrogen) atoms. The number of rotatable bonds is 4. The van der Waals surface area contributed by atoms with Crippen LogP contribution in [0, 0.1) is 0 Å². The number of imidazole rings is 1. The van der Waals surface area contributed by atoms with Crippen LogP contribution in [0.4, 0.5) is 0 Å². The predicted molar refractivity (Wildman–Crippen MR) is 106 cm³/mol. The quantitative estimate of drug-likeness (QED) is 0.732. The lowest BCUT2D eigenvalue weighted by Gasteiger charge is -2.39. The van der Waals surface area contributed by atoms with Crippen molar-refractivity contribution >= 4 is 28.8 Å². The van der Waals surface area contributed by atoms with E-state index < -0.39 is 5.69 Å². The Morgan fingerprint density at radius 1 is 1.15 bits per heavy atom. The summed E-state index contributed by atoms with van der Waals surface area (Å²) in [6.07, 6.45) is 3.22. The monoisotopic (exact) mass is 393 g/mol. The molecule has 0 unspecified atom stereocenters. The minimum absolute atomic E-state index is 0.0937. The first-order valence-corrected chi connectivity index (χ1v) is 10.4. The van der Waals surface area contributed by atoms with Gasteiger partial charge in [0, 0.05) is 32.7 Å². The molecule has 0 bridgehead atoms. The number of hydrogen-bond donors (Lipinski definition) is 0. The number of amides is 1. The minimum atomic E-state index is -0.406. The normalized spacial score (nSPS) is 20.4. The van der Waals surface area contributed by atoms with E-state index in [9.17, 15) is 14.4 Å². The van der Waals surface area contributed by atoms with E-state index in [0.29, 0.717) is 22.9 Å². The van der Waals surface area contributed by atoms with Crippen molar-refractivity contribution in [2.75, 3.05) is 5.75 Å². The van der Waals surface area contributed by atoms with Gasteiger partial charge in [-0.1, -0.05) is 11.8 Å². The summed E-state index contributed by atoms with van der Waals surface area (Å²) in [6.45, 7) is 6.65.